The molecule has 0 atom stereocenters. The Morgan fingerprint density at radius 2 is 2.04 bits per heavy atom. The zero-order chi connectivity index (χ0) is 18.4. The molecule has 3 rings (SSSR count). The molecule has 0 saturated heterocycles. The molecule has 8 heteroatoms. The summed E-state index contributed by atoms with van der Waals surface area (Å²) in [4.78, 5) is 19.5. The molecule has 0 fully saturated rings. The minimum atomic E-state index is -0.960. The summed E-state index contributed by atoms with van der Waals surface area (Å²) in [5.41, 5.74) is 3.44. The number of nitrogens with zero attached hydrogens (tertiary/aromatic N) is 4. The lowest BCUT2D eigenvalue weighted by Crippen LogP contribution is -2.21. The molecule has 0 spiro atoms. The van der Waals surface area contributed by atoms with Gasteiger partial charge >= 0.3 is 6.09 Å². The molecule has 0 aliphatic carbocycles. The van der Waals surface area contributed by atoms with E-state index in [1.54, 1.807) is 6.20 Å². The van der Waals surface area contributed by atoms with E-state index >= 15 is 0 Å². The molecule has 0 radical (unpaired) electrons. The molecular formula is C18H20BrN5O2. The van der Waals surface area contributed by atoms with Crippen molar-refractivity contribution >= 4 is 33.1 Å². The van der Waals surface area contributed by atoms with Gasteiger partial charge in [-0.25, -0.2) is 9.78 Å². The van der Waals surface area contributed by atoms with Gasteiger partial charge in [0.15, 0.2) is 0 Å². The number of nitrogens with one attached hydrogen (secondary N) is 1. The van der Waals surface area contributed by atoms with Gasteiger partial charge in [-0.15, -0.1) is 0 Å². The Bertz CT molecular complexity index is 896. The maximum Gasteiger partial charge on any atom is 0.404 e. The van der Waals surface area contributed by atoms with Gasteiger partial charge in [0.25, 0.3) is 0 Å². The van der Waals surface area contributed by atoms with Crippen LogP contribution < -0.4 is 5.32 Å². The molecule has 2 N–H and O–H groups in total. The van der Waals surface area contributed by atoms with Gasteiger partial charge in [-0.2, -0.15) is 5.10 Å². The third-order valence-corrected chi connectivity index (χ3v) is 4.68. The lowest BCUT2D eigenvalue weighted by Gasteiger charge is -2.03. The quantitative estimate of drug-likeness (QED) is 0.538. The number of fused-ring (bicyclic) bond motifs is 1. The fourth-order valence-corrected chi connectivity index (χ4v) is 3.15. The highest BCUT2D eigenvalue weighted by molar-refractivity contribution is 9.10. The van der Waals surface area contributed by atoms with E-state index in [0.29, 0.717) is 6.54 Å². The van der Waals surface area contributed by atoms with Crippen LogP contribution in [0.25, 0.3) is 22.3 Å². The maximum atomic E-state index is 10.3. The molecule has 0 unspecified atom stereocenters. The summed E-state index contributed by atoms with van der Waals surface area (Å²) < 4.78 is 2.84. The number of hydrogen-bond acceptors (Lipinski definition) is 4. The fourth-order valence-electron chi connectivity index (χ4n) is 2.70. The average molecular weight is 418 g/mol. The lowest BCUT2D eigenvalue weighted by molar-refractivity contribution is 0.194. The zero-order valence-electron chi connectivity index (χ0n) is 14.2. The first-order valence-electron chi connectivity index (χ1n) is 8.54. The smallest absolute Gasteiger partial charge is 0.404 e. The third kappa shape index (κ3) is 4.78. The van der Waals surface area contributed by atoms with Crippen molar-refractivity contribution in [3.05, 3.63) is 41.3 Å². The number of halogens is 1. The molecule has 0 bridgehead atoms. The second-order valence-electron chi connectivity index (χ2n) is 6.00. The SMILES string of the molecule is O=C(O)NCCCCCCn1cc(-c2cnc3cccc(Br)c3n2)cn1. The van der Waals surface area contributed by atoms with E-state index in [-0.39, 0.29) is 0 Å². The Labute approximate surface area is 159 Å². The minimum Gasteiger partial charge on any atom is -0.465 e. The number of benzene rings is 1. The van der Waals surface area contributed by atoms with Crippen molar-refractivity contribution in [3.8, 4) is 11.3 Å². The van der Waals surface area contributed by atoms with E-state index in [1.807, 2.05) is 35.3 Å². The highest BCUT2D eigenvalue weighted by Gasteiger charge is 2.07. The Morgan fingerprint density at radius 1 is 1.19 bits per heavy atom. The van der Waals surface area contributed by atoms with Crippen LogP contribution in [0.1, 0.15) is 25.7 Å². The van der Waals surface area contributed by atoms with Gasteiger partial charge in [0.1, 0.15) is 5.52 Å². The highest BCUT2D eigenvalue weighted by Crippen LogP contribution is 2.24. The van der Waals surface area contributed by atoms with E-state index in [0.717, 1.165) is 59.0 Å². The molecule has 1 amide bonds. The second-order valence-corrected chi connectivity index (χ2v) is 6.86. The van der Waals surface area contributed by atoms with Gasteiger partial charge < -0.3 is 10.4 Å². The number of aromatic nitrogens is 4. The van der Waals surface area contributed by atoms with E-state index in [4.69, 9.17) is 5.11 Å². The van der Waals surface area contributed by atoms with Crippen LogP contribution in [0.3, 0.4) is 0 Å². The molecule has 2 aromatic heterocycles. The standard InChI is InChI=1S/C18H20BrN5O2/c19-14-6-5-7-15-17(14)23-16(11-21-15)13-10-22-24(12-13)9-4-2-1-3-8-20-18(25)26/h5-7,10-12,20H,1-4,8-9H2,(H,25,26). The summed E-state index contributed by atoms with van der Waals surface area (Å²) in [6.07, 6.45) is 8.50. The number of carboxylic acid groups (broad SMARTS) is 1. The van der Waals surface area contributed by atoms with Crippen molar-refractivity contribution in [3.63, 3.8) is 0 Å². The Hall–Kier alpha value is -2.48. The van der Waals surface area contributed by atoms with Gasteiger partial charge in [0.05, 0.1) is 23.6 Å². The Balaban J connectivity index is 1.53. The lowest BCUT2D eigenvalue weighted by atomic mass is 10.2. The molecule has 136 valence electrons. The van der Waals surface area contributed by atoms with Gasteiger partial charge in [0, 0.05) is 29.3 Å². The highest BCUT2D eigenvalue weighted by atomic mass is 79.9. The predicted molar refractivity (Wildman–Crippen MR) is 103 cm³/mol. The van der Waals surface area contributed by atoms with Crippen molar-refractivity contribution in [2.45, 2.75) is 32.2 Å². The van der Waals surface area contributed by atoms with Gasteiger partial charge in [-0.05, 0) is 40.9 Å². The summed E-state index contributed by atoms with van der Waals surface area (Å²) in [5, 5.41) is 15.3. The van der Waals surface area contributed by atoms with Crippen LogP contribution in [0.4, 0.5) is 4.79 Å². The van der Waals surface area contributed by atoms with Crippen LogP contribution in [0.15, 0.2) is 41.3 Å². The van der Waals surface area contributed by atoms with E-state index in [1.165, 1.54) is 0 Å². The number of hydrogen-bond donors (Lipinski definition) is 2. The van der Waals surface area contributed by atoms with Crippen LogP contribution in [0.5, 0.6) is 0 Å². The summed E-state index contributed by atoms with van der Waals surface area (Å²) in [7, 11) is 0. The van der Waals surface area contributed by atoms with Crippen molar-refractivity contribution in [2.75, 3.05) is 6.54 Å². The van der Waals surface area contributed by atoms with Crippen LogP contribution >= 0.6 is 15.9 Å². The Kier molecular flexibility index (Phi) is 6.17. The molecule has 3 aromatic rings. The van der Waals surface area contributed by atoms with Crippen molar-refractivity contribution < 1.29 is 9.90 Å². The van der Waals surface area contributed by atoms with Crippen LogP contribution in [-0.4, -0.2) is 37.5 Å². The average Bonchev–Trinajstić information content (AvgIpc) is 3.10. The van der Waals surface area contributed by atoms with Crippen molar-refractivity contribution in [1.29, 1.82) is 0 Å². The van der Waals surface area contributed by atoms with E-state index in [9.17, 15) is 4.79 Å². The molecule has 1 aromatic carbocycles. The second kappa shape index (κ2) is 8.75. The Morgan fingerprint density at radius 3 is 2.88 bits per heavy atom. The molecular weight excluding hydrogens is 398 g/mol. The van der Waals surface area contributed by atoms with Crippen LogP contribution in [-0.2, 0) is 6.54 Å². The zero-order valence-corrected chi connectivity index (χ0v) is 15.8. The fraction of sp³-hybridized carbons (Fsp3) is 0.333. The number of amides is 1. The van der Waals surface area contributed by atoms with Gasteiger partial charge in [0.2, 0.25) is 0 Å². The number of aryl methyl sites for hydroxylation is 1. The first-order valence-corrected chi connectivity index (χ1v) is 9.33. The molecule has 2 heterocycles. The summed E-state index contributed by atoms with van der Waals surface area (Å²) in [6, 6.07) is 5.83. The topological polar surface area (TPSA) is 92.9 Å². The van der Waals surface area contributed by atoms with Gasteiger partial charge in [-0.1, -0.05) is 18.9 Å². The van der Waals surface area contributed by atoms with Gasteiger partial charge in [-0.3, -0.25) is 9.67 Å². The monoisotopic (exact) mass is 417 g/mol. The normalized spacial score (nSPS) is 11.0. The molecule has 0 aliphatic rings. The molecule has 0 aliphatic heterocycles. The maximum absolute atomic E-state index is 10.3. The molecule has 26 heavy (non-hydrogen) atoms. The summed E-state index contributed by atoms with van der Waals surface area (Å²) in [6.45, 7) is 1.34. The molecule has 0 saturated carbocycles. The number of rotatable bonds is 8. The third-order valence-electron chi connectivity index (χ3n) is 4.04. The summed E-state index contributed by atoms with van der Waals surface area (Å²) >= 11 is 3.52. The van der Waals surface area contributed by atoms with Crippen molar-refractivity contribution in [1.82, 2.24) is 25.1 Å². The first kappa shape index (κ1) is 18.3. The van der Waals surface area contributed by atoms with E-state index in [2.05, 4.69) is 36.3 Å². The number of unbranched alkanes of at least 4 members (excludes halogenated alkanes) is 3. The minimum absolute atomic E-state index is 0.511. The first-order chi connectivity index (χ1) is 12.6. The van der Waals surface area contributed by atoms with Crippen LogP contribution in [0.2, 0.25) is 0 Å². The molecule has 7 nitrogen and oxygen atoms in total. The largest absolute Gasteiger partial charge is 0.465 e. The number of para-hydroxylation sites is 1. The van der Waals surface area contributed by atoms with E-state index < -0.39 is 6.09 Å². The van der Waals surface area contributed by atoms with Crippen molar-refractivity contribution in [2.24, 2.45) is 0 Å². The van der Waals surface area contributed by atoms with Crippen LogP contribution in [0, 0.1) is 0 Å². The number of carbonyl (C=O) groups is 1. The predicted octanol–water partition coefficient (Wildman–Crippen LogP) is 4.08. The summed E-state index contributed by atoms with van der Waals surface area (Å²) in [5.74, 6) is 0.